The van der Waals surface area contributed by atoms with Crippen LogP contribution in [0.1, 0.15) is 44.0 Å². The maximum Gasteiger partial charge on any atom is 0.187 e. The van der Waals surface area contributed by atoms with Gasteiger partial charge in [0.25, 0.3) is 0 Å². The Morgan fingerprint density at radius 2 is 2.07 bits per heavy atom. The van der Waals surface area contributed by atoms with Crippen molar-refractivity contribution < 1.29 is 29.6 Å². The van der Waals surface area contributed by atoms with Crippen molar-refractivity contribution in [3.8, 4) is 0 Å². The molecule has 3 N–H and O–H groups in total. The molecule has 3 heterocycles. The third kappa shape index (κ3) is 5.49. The zero-order valence-corrected chi connectivity index (χ0v) is 17.1. The summed E-state index contributed by atoms with van der Waals surface area (Å²) in [6, 6.07) is 3.40. The first-order chi connectivity index (χ1) is 13.8. The molecule has 3 rings (SSSR count). The Labute approximate surface area is 171 Å². The SMILES string of the molecule is C/C(=C\C(=O)c1cccnc1)C[C@@H]1OC[C@H](C[C@@H]2O[C@H]2[C@@H](C)[C@H](C)O)[C@@H](O)[C@H]1O. The van der Waals surface area contributed by atoms with Gasteiger partial charge < -0.3 is 24.8 Å². The molecule has 7 nitrogen and oxygen atoms in total. The van der Waals surface area contributed by atoms with Crippen LogP contribution in [0.3, 0.4) is 0 Å². The van der Waals surface area contributed by atoms with Crippen LogP contribution in [-0.2, 0) is 9.47 Å². The molecule has 2 aliphatic rings. The highest BCUT2D eigenvalue weighted by Gasteiger charge is 2.48. The first-order valence-corrected chi connectivity index (χ1v) is 10.2. The minimum absolute atomic E-state index is 0.0132. The number of epoxide rings is 1. The zero-order valence-electron chi connectivity index (χ0n) is 17.1. The van der Waals surface area contributed by atoms with Crippen LogP contribution < -0.4 is 0 Å². The average molecular weight is 405 g/mol. The molecule has 160 valence electrons. The summed E-state index contributed by atoms with van der Waals surface area (Å²) >= 11 is 0. The van der Waals surface area contributed by atoms with Crippen LogP contribution in [-0.4, -0.2) is 69.3 Å². The standard InChI is InChI=1S/C22H31NO6/c1-12(7-17(25)15-5-4-6-23-10-15)8-18-21(27)20(26)16(11-28-18)9-19-22(29-19)13(2)14(3)24/h4-7,10,13-14,16,18-22,24,26-27H,8-9,11H2,1-3H3/b12-7+/t13-,14-,16-,18-,19-,20+,21-,22-/m0/s1. The van der Waals surface area contributed by atoms with Gasteiger partial charge in [-0.1, -0.05) is 12.5 Å². The van der Waals surface area contributed by atoms with Gasteiger partial charge in [0.1, 0.15) is 6.10 Å². The minimum atomic E-state index is -1.03. The molecule has 0 aromatic carbocycles. The summed E-state index contributed by atoms with van der Waals surface area (Å²) in [7, 11) is 0. The summed E-state index contributed by atoms with van der Waals surface area (Å²) in [5.41, 5.74) is 1.27. The van der Waals surface area contributed by atoms with E-state index in [4.69, 9.17) is 9.47 Å². The maximum absolute atomic E-state index is 12.3. The van der Waals surface area contributed by atoms with Crippen molar-refractivity contribution in [3.05, 3.63) is 41.7 Å². The van der Waals surface area contributed by atoms with Gasteiger partial charge in [-0.05, 0) is 44.9 Å². The van der Waals surface area contributed by atoms with E-state index >= 15 is 0 Å². The van der Waals surface area contributed by atoms with Crippen molar-refractivity contribution in [1.82, 2.24) is 4.98 Å². The van der Waals surface area contributed by atoms with E-state index in [0.717, 1.165) is 5.57 Å². The lowest BCUT2D eigenvalue weighted by Crippen LogP contribution is -2.50. The van der Waals surface area contributed by atoms with Gasteiger partial charge in [-0.15, -0.1) is 0 Å². The molecule has 2 fully saturated rings. The smallest absolute Gasteiger partial charge is 0.187 e. The van der Waals surface area contributed by atoms with Gasteiger partial charge >= 0.3 is 0 Å². The molecule has 0 spiro atoms. The Hall–Kier alpha value is -1.64. The molecular weight excluding hydrogens is 374 g/mol. The van der Waals surface area contributed by atoms with Gasteiger partial charge in [0.05, 0.1) is 37.1 Å². The van der Waals surface area contributed by atoms with Gasteiger partial charge in [0.15, 0.2) is 5.78 Å². The molecule has 0 unspecified atom stereocenters. The van der Waals surface area contributed by atoms with Gasteiger partial charge in [0.2, 0.25) is 0 Å². The minimum Gasteiger partial charge on any atom is -0.393 e. The van der Waals surface area contributed by atoms with Crippen LogP contribution in [0.2, 0.25) is 0 Å². The fraction of sp³-hybridized carbons (Fsp3) is 0.636. The molecule has 8 atom stereocenters. The lowest BCUT2D eigenvalue weighted by molar-refractivity contribution is -0.165. The van der Waals surface area contributed by atoms with Crippen molar-refractivity contribution in [1.29, 1.82) is 0 Å². The topological polar surface area (TPSA) is 112 Å². The predicted molar refractivity (Wildman–Crippen MR) is 106 cm³/mol. The van der Waals surface area contributed by atoms with Crippen LogP contribution >= 0.6 is 0 Å². The normalized spacial score (nSPS) is 34.5. The number of aromatic nitrogens is 1. The summed E-state index contributed by atoms with van der Waals surface area (Å²) in [5.74, 6) is -0.341. The largest absolute Gasteiger partial charge is 0.393 e. The summed E-state index contributed by atoms with van der Waals surface area (Å²) in [4.78, 5) is 16.2. The maximum atomic E-state index is 12.3. The molecule has 7 heteroatoms. The van der Waals surface area contributed by atoms with E-state index < -0.39 is 24.4 Å². The third-order valence-electron chi connectivity index (χ3n) is 6.02. The van der Waals surface area contributed by atoms with Crippen molar-refractivity contribution in [2.75, 3.05) is 6.61 Å². The van der Waals surface area contributed by atoms with Crippen LogP contribution in [0, 0.1) is 11.8 Å². The molecule has 0 bridgehead atoms. The van der Waals surface area contributed by atoms with Gasteiger partial charge in [-0.3, -0.25) is 9.78 Å². The molecule has 0 amide bonds. The first kappa shape index (κ1) is 22.1. The Bertz CT molecular complexity index is 721. The molecule has 0 radical (unpaired) electrons. The van der Waals surface area contributed by atoms with Crippen molar-refractivity contribution in [2.45, 2.75) is 70.2 Å². The lowest BCUT2D eigenvalue weighted by Gasteiger charge is -2.38. The number of rotatable bonds is 8. The Balaban J connectivity index is 1.51. The monoisotopic (exact) mass is 405 g/mol. The van der Waals surface area contributed by atoms with Crippen LogP contribution in [0.5, 0.6) is 0 Å². The quantitative estimate of drug-likeness (QED) is 0.341. The van der Waals surface area contributed by atoms with Crippen LogP contribution in [0.25, 0.3) is 0 Å². The average Bonchev–Trinajstić information content (AvgIpc) is 3.46. The van der Waals surface area contributed by atoms with Crippen molar-refractivity contribution in [3.63, 3.8) is 0 Å². The van der Waals surface area contributed by atoms with Crippen LogP contribution in [0.4, 0.5) is 0 Å². The molecule has 29 heavy (non-hydrogen) atoms. The highest BCUT2D eigenvalue weighted by molar-refractivity contribution is 6.04. The first-order valence-electron chi connectivity index (χ1n) is 10.2. The van der Waals surface area contributed by atoms with E-state index in [9.17, 15) is 20.1 Å². The molecule has 0 saturated carbocycles. The number of ether oxygens (including phenoxy) is 2. The molecule has 2 saturated heterocycles. The van der Waals surface area contributed by atoms with E-state index in [1.807, 2.05) is 13.8 Å². The van der Waals surface area contributed by atoms with E-state index in [-0.39, 0.29) is 29.8 Å². The molecular formula is C22H31NO6. The molecule has 1 aromatic heterocycles. The summed E-state index contributed by atoms with van der Waals surface area (Å²) in [6.07, 6.45) is 2.59. The number of hydrogen-bond acceptors (Lipinski definition) is 7. The lowest BCUT2D eigenvalue weighted by atomic mass is 9.85. The van der Waals surface area contributed by atoms with Crippen LogP contribution in [0.15, 0.2) is 36.2 Å². The number of carbonyl (C=O) groups excluding carboxylic acids is 1. The molecule has 1 aromatic rings. The summed E-state index contributed by atoms with van der Waals surface area (Å²) in [6.45, 7) is 5.81. The molecule has 2 aliphatic heterocycles. The van der Waals surface area contributed by atoms with Gasteiger partial charge in [0, 0.05) is 29.8 Å². The number of aliphatic hydroxyl groups excluding tert-OH is 3. The Morgan fingerprint density at radius 1 is 1.31 bits per heavy atom. The van der Waals surface area contributed by atoms with Gasteiger partial charge in [-0.2, -0.15) is 0 Å². The second kappa shape index (κ2) is 9.45. The van der Waals surface area contributed by atoms with E-state index in [1.165, 1.54) is 12.3 Å². The Morgan fingerprint density at radius 3 is 2.72 bits per heavy atom. The molecule has 0 aliphatic carbocycles. The fourth-order valence-corrected chi connectivity index (χ4v) is 3.90. The second-order valence-corrected chi connectivity index (χ2v) is 8.39. The number of allylic oxidation sites excluding steroid dienone is 1. The van der Waals surface area contributed by atoms with Crippen molar-refractivity contribution >= 4 is 5.78 Å². The van der Waals surface area contributed by atoms with E-state index in [1.54, 1.807) is 25.3 Å². The second-order valence-electron chi connectivity index (χ2n) is 8.39. The number of ketones is 1. The number of hydrogen-bond donors (Lipinski definition) is 3. The van der Waals surface area contributed by atoms with E-state index in [0.29, 0.717) is 25.0 Å². The Kier molecular flexibility index (Phi) is 7.19. The zero-order chi connectivity index (χ0) is 21.1. The third-order valence-corrected chi connectivity index (χ3v) is 6.02. The number of nitrogens with zero attached hydrogens (tertiary/aromatic N) is 1. The fourth-order valence-electron chi connectivity index (χ4n) is 3.90. The highest BCUT2D eigenvalue weighted by atomic mass is 16.6. The van der Waals surface area contributed by atoms with Crippen molar-refractivity contribution in [2.24, 2.45) is 11.8 Å². The highest BCUT2D eigenvalue weighted by Crippen LogP contribution is 2.38. The summed E-state index contributed by atoms with van der Waals surface area (Å²) in [5, 5.41) is 30.8. The number of carbonyl (C=O) groups is 1. The number of aliphatic hydroxyl groups is 3. The number of pyridine rings is 1. The predicted octanol–water partition coefficient (Wildman–Crippen LogP) is 1.51. The van der Waals surface area contributed by atoms with Gasteiger partial charge in [-0.25, -0.2) is 0 Å². The van der Waals surface area contributed by atoms with E-state index in [2.05, 4.69) is 4.98 Å². The summed E-state index contributed by atoms with van der Waals surface area (Å²) < 4.78 is 11.5.